The Morgan fingerprint density at radius 3 is 2.57 bits per heavy atom. The van der Waals surface area contributed by atoms with E-state index in [1.165, 1.54) is 0 Å². The molecule has 0 fully saturated rings. The number of ketones is 1. The zero-order valence-electron chi connectivity index (χ0n) is 12.5. The summed E-state index contributed by atoms with van der Waals surface area (Å²) >= 11 is 0. The molecule has 0 atom stereocenters. The number of carbonyl (C=O) groups excluding carboxylic acids is 2. The lowest BCUT2D eigenvalue weighted by Gasteiger charge is -2.31. The number of terminal acetylenes is 1. The van der Waals surface area contributed by atoms with Crippen molar-refractivity contribution >= 4 is 17.3 Å². The maximum atomic E-state index is 12.5. The zero-order valence-corrected chi connectivity index (χ0v) is 12.5. The quantitative estimate of drug-likeness (QED) is 0.475. The highest BCUT2D eigenvalue weighted by molar-refractivity contribution is 6.22. The molecule has 0 spiro atoms. The summed E-state index contributed by atoms with van der Waals surface area (Å²) in [4.78, 5) is 24.0. The minimum atomic E-state index is -0.762. The van der Waals surface area contributed by atoms with E-state index in [2.05, 4.69) is 0 Å². The molecular formula is C18H18O3. The van der Waals surface area contributed by atoms with Crippen molar-refractivity contribution in [1.82, 2.24) is 0 Å². The smallest absolute Gasteiger partial charge is 0.389 e. The van der Waals surface area contributed by atoms with Crippen LogP contribution in [-0.4, -0.2) is 11.8 Å². The summed E-state index contributed by atoms with van der Waals surface area (Å²) in [6, 6.07) is 7.56. The fraction of sp³-hybridized carbons (Fsp3) is 0.333. The fourth-order valence-corrected chi connectivity index (χ4v) is 2.65. The van der Waals surface area contributed by atoms with E-state index in [9.17, 15) is 9.59 Å². The Bertz CT molecular complexity index is 672. The number of aryl methyl sites for hydroxylation is 1. The minimum Gasteiger partial charge on any atom is -0.421 e. The van der Waals surface area contributed by atoms with Gasteiger partial charge in [-0.25, -0.2) is 4.79 Å². The molecule has 0 amide bonds. The highest BCUT2D eigenvalue weighted by Gasteiger charge is 2.35. The first-order valence-electron chi connectivity index (χ1n) is 6.85. The van der Waals surface area contributed by atoms with E-state index >= 15 is 0 Å². The zero-order chi connectivity index (χ0) is 15.6. The van der Waals surface area contributed by atoms with Crippen molar-refractivity contribution in [2.75, 3.05) is 0 Å². The Kier molecular flexibility index (Phi) is 3.99. The van der Waals surface area contributed by atoms with E-state index in [0.717, 1.165) is 11.1 Å². The summed E-state index contributed by atoms with van der Waals surface area (Å²) in [6.45, 7) is 5.88. The Hall–Kier alpha value is -2.34. The molecule has 0 aromatic heterocycles. The van der Waals surface area contributed by atoms with Crippen LogP contribution in [0, 0.1) is 24.7 Å². The fourth-order valence-electron chi connectivity index (χ4n) is 2.65. The third kappa shape index (κ3) is 3.22. The van der Waals surface area contributed by atoms with Crippen LogP contribution >= 0.6 is 0 Å². The average molecular weight is 282 g/mol. The number of ether oxygens (including phenoxy) is 1. The first-order valence-corrected chi connectivity index (χ1v) is 6.85. The molecule has 0 aliphatic heterocycles. The molecule has 1 aromatic carbocycles. The highest BCUT2D eigenvalue weighted by atomic mass is 16.5. The van der Waals surface area contributed by atoms with Crippen LogP contribution in [0.1, 0.15) is 37.8 Å². The Labute approximate surface area is 125 Å². The van der Waals surface area contributed by atoms with Gasteiger partial charge in [-0.3, -0.25) is 4.79 Å². The number of carbonyl (C=O) groups is 2. The molecule has 1 aliphatic carbocycles. The maximum Gasteiger partial charge on any atom is 0.389 e. The lowest BCUT2D eigenvalue weighted by Crippen LogP contribution is -2.27. The largest absolute Gasteiger partial charge is 0.421 e. The number of benzene rings is 1. The number of esters is 1. The normalized spacial score (nSPS) is 17.3. The second-order valence-corrected chi connectivity index (χ2v) is 6.09. The molecule has 0 N–H and O–H groups in total. The van der Waals surface area contributed by atoms with Crippen molar-refractivity contribution in [3.05, 3.63) is 41.2 Å². The molecular weight excluding hydrogens is 264 g/mol. The molecule has 0 radical (unpaired) electrons. The summed E-state index contributed by atoms with van der Waals surface area (Å²) in [5.74, 6) is 1.54. The van der Waals surface area contributed by atoms with Crippen molar-refractivity contribution in [3.63, 3.8) is 0 Å². The van der Waals surface area contributed by atoms with Gasteiger partial charge in [-0.1, -0.05) is 38.1 Å². The summed E-state index contributed by atoms with van der Waals surface area (Å²) in [7, 11) is 0. The van der Waals surface area contributed by atoms with Crippen molar-refractivity contribution in [3.8, 4) is 12.3 Å². The monoisotopic (exact) mass is 282 g/mol. The van der Waals surface area contributed by atoms with E-state index in [0.29, 0.717) is 24.2 Å². The van der Waals surface area contributed by atoms with Gasteiger partial charge in [0.1, 0.15) is 5.76 Å². The number of allylic oxidation sites excluding steroid dienone is 2. The van der Waals surface area contributed by atoms with Gasteiger partial charge in [0, 0.05) is 18.8 Å². The molecule has 0 saturated heterocycles. The van der Waals surface area contributed by atoms with Crippen LogP contribution in [0.3, 0.4) is 0 Å². The van der Waals surface area contributed by atoms with E-state index in [-0.39, 0.29) is 11.2 Å². The van der Waals surface area contributed by atoms with Crippen LogP contribution in [0.2, 0.25) is 0 Å². The predicted octanol–water partition coefficient (Wildman–Crippen LogP) is 3.27. The molecule has 108 valence electrons. The lowest BCUT2D eigenvalue weighted by molar-refractivity contribution is -0.133. The minimum absolute atomic E-state index is 0.0135. The van der Waals surface area contributed by atoms with Crippen LogP contribution in [-0.2, 0) is 14.3 Å². The van der Waals surface area contributed by atoms with Gasteiger partial charge < -0.3 is 4.74 Å². The van der Waals surface area contributed by atoms with Crippen molar-refractivity contribution in [2.45, 2.75) is 33.6 Å². The second-order valence-electron chi connectivity index (χ2n) is 6.09. The average Bonchev–Trinajstić information content (AvgIpc) is 2.38. The molecule has 0 bridgehead atoms. The van der Waals surface area contributed by atoms with Crippen molar-refractivity contribution < 1.29 is 14.3 Å². The standard InChI is InChI=1S/C18H18O3/c1-5-16(20)21-15-11-18(3,4)10-14(19)17(15)13-9-7-6-8-12(13)2/h1,6-9H,10-11H2,2-4H3. The molecule has 0 saturated carbocycles. The predicted molar refractivity (Wildman–Crippen MR) is 81.0 cm³/mol. The molecule has 2 rings (SSSR count). The van der Waals surface area contributed by atoms with E-state index < -0.39 is 5.97 Å². The Balaban J connectivity index is 2.59. The van der Waals surface area contributed by atoms with Gasteiger partial charge in [0.2, 0.25) is 0 Å². The van der Waals surface area contributed by atoms with Crippen LogP contribution in [0.4, 0.5) is 0 Å². The van der Waals surface area contributed by atoms with E-state index in [4.69, 9.17) is 11.2 Å². The number of hydrogen-bond acceptors (Lipinski definition) is 3. The SMILES string of the molecule is C#CC(=O)OC1=C(c2ccccc2C)C(=O)CC(C)(C)C1. The van der Waals surface area contributed by atoms with Gasteiger partial charge in [-0.15, -0.1) is 6.42 Å². The molecule has 1 aromatic rings. The highest BCUT2D eigenvalue weighted by Crippen LogP contribution is 2.41. The molecule has 0 unspecified atom stereocenters. The van der Waals surface area contributed by atoms with Gasteiger partial charge in [0.15, 0.2) is 5.78 Å². The number of rotatable bonds is 2. The van der Waals surface area contributed by atoms with Gasteiger partial charge in [-0.05, 0) is 23.5 Å². The molecule has 1 aliphatic rings. The first-order chi connectivity index (χ1) is 9.84. The van der Waals surface area contributed by atoms with Gasteiger partial charge in [0.25, 0.3) is 0 Å². The first kappa shape index (κ1) is 15.1. The topological polar surface area (TPSA) is 43.4 Å². The van der Waals surface area contributed by atoms with E-state index in [1.807, 2.05) is 51.0 Å². The maximum absolute atomic E-state index is 12.5. The summed E-state index contributed by atoms with van der Waals surface area (Å²) < 4.78 is 5.25. The third-order valence-electron chi connectivity index (χ3n) is 3.58. The van der Waals surface area contributed by atoms with Crippen molar-refractivity contribution in [1.29, 1.82) is 0 Å². The third-order valence-corrected chi connectivity index (χ3v) is 3.58. The molecule has 3 nitrogen and oxygen atoms in total. The van der Waals surface area contributed by atoms with E-state index in [1.54, 1.807) is 0 Å². The van der Waals surface area contributed by atoms with Crippen molar-refractivity contribution in [2.24, 2.45) is 5.41 Å². The molecule has 3 heteroatoms. The summed E-state index contributed by atoms with van der Waals surface area (Å²) in [5.41, 5.74) is 2.01. The van der Waals surface area contributed by atoms with Crippen LogP contribution < -0.4 is 0 Å². The Morgan fingerprint density at radius 2 is 1.95 bits per heavy atom. The molecule has 0 heterocycles. The van der Waals surface area contributed by atoms with Crippen LogP contribution in [0.25, 0.3) is 5.57 Å². The summed E-state index contributed by atoms with van der Waals surface area (Å²) in [5, 5.41) is 0. The van der Waals surface area contributed by atoms with Crippen LogP contribution in [0.15, 0.2) is 30.0 Å². The lowest BCUT2D eigenvalue weighted by atomic mass is 9.74. The second kappa shape index (κ2) is 5.57. The molecule has 21 heavy (non-hydrogen) atoms. The number of hydrogen-bond donors (Lipinski definition) is 0. The van der Waals surface area contributed by atoms with Gasteiger partial charge in [0.05, 0.1) is 5.57 Å². The van der Waals surface area contributed by atoms with Gasteiger partial charge >= 0.3 is 5.97 Å². The van der Waals surface area contributed by atoms with Crippen LogP contribution in [0.5, 0.6) is 0 Å². The summed E-state index contributed by atoms with van der Waals surface area (Å²) in [6.07, 6.45) is 6.01. The number of Topliss-reactive ketones (excluding diaryl/α,β-unsaturated/α-hetero) is 1. The Morgan fingerprint density at radius 1 is 1.29 bits per heavy atom. The van der Waals surface area contributed by atoms with Gasteiger partial charge in [-0.2, -0.15) is 0 Å².